The Bertz CT molecular complexity index is 196. The van der Waals surface area contributed by atoms with Gasteiger partial charge in [0.1, 0.15) is 0 Å². The summed E-state index contributed by atoms with van der Waals surface area (Å²) >= 11 is 0. The molecule has 0 fully saturated rings. The summed E-state index contributed by atoms with van der Waals surface area (Å²) in [5.41, 5.74) is 0. The third kappa shape index (κ3) is 7.13. The van der Waals surface area contributed by atoms with Crippen molar-refractivity contribution in [3.63, 3.8) is 0 Å². The van der Waals surface area contributed by atoms with Crippen molar-refractivity contribution in [2.45, 2.75) is 0 Å². The number of urea groups is 2. The molecule has 0 atom stereocenters. The zero-order valence-electron chi connectivity index (χ0n) is 7.43. The Morgan fingerprint density at radius 2 is 1.29 bits per heavy atom. The van der Waals surface area contributed by atoms with Gasteiger partial charge in [-0.2, -0.15) is 0 Å². The van der Waals surface area contributed by atoms with Crippen LogP contribution in [0.5, 0.6) is 0 Å². The molecule has 0 radical (unpaired) electrons. The number of aliphatic hydroxyl groups is 2. The third-order valence-corrected chi connectivity index (χ3v) is 1.01. The first-order chi connectivity index (χ1) is 6.70. The second-order valence-corrected chi connectivity index (χ2v) is 2.11. The van der Waals surface area contributed by atoms with E-state index >= 15 is 0 Å². The van der Waals surface area contributed by atoms with Crippen molar-refractivity contribution < 1.29 is 19.8 Å². The highest BCUT2D eigenvalue weighted by molar-refractivity contribution is 5.79. The molecule has 0 aromatic carbocycles. The summed E-state index contributed by atoms with van der Waals surface area (Å²) in [7, 11) is 0. The Morgan fingerprint density at radius 1 is 0.929 bits per heavy atom. The predicted octanol–water partition coefficient (Wildman–Crippen LogP) is -1.16. The van der Waals surface area contributed by atoms with Gasteiger partial charge >= 0.3 is 12.1 Å². The van der Waals surface area contributed by atoms with Gasteiger partial charge in [0.25, 0.3) is 0 Å². The molecule has 0 aliphatic rings. The van der Waals surface area contributed by atoms with Crippen molar-refractivity contribution in [3.8, 4) is 0 Å². The molecule has 0 aliphatic carbocycles. The van der Waals surface area contributed by atoms with Gasteiger partial charge in [0, 0.05) is 13.1 Å². The summed E-state index contributed by atoms with van der Waals surface area (Å²) in [5, 5.41) is 26.9. The smallest absolute Gasteiger partial charge is 0.359 e. The largest absolute Gasteiger partial charge is 0.395 e. The molecule has 0 aromatic rings. The summed E-state index contributed by atoms with van der Waals surface area (Å²) < 4.78 is 0. The van der Waals surface area contributed by atoms with Gasteiger partial charge in [0.05, 0.1) is 13.2 Å². The third-order valence-electron chi connectivity index (χ3n) is 1.01. The lowest BCUT2D eigenvalue weighted by atomic mass is 10.7. The molecule has 4 amide bonds. The minimum absolute atomic E-state index is 0.0517. The fraction of sp³-hybridized carbons (Fsp3) is 0.667. The van der Waals surface area contributed by atoms with Crippen LogP contribution in [0.3, 0.4) is 0 Å². The number of hydrogen-bond donors (Lipinski definition) is 4. The first-order valence-electron chi connectivity index (χ1n) is 3.90. The van der Waals surface area contributed by atoms with Crippen molar-refractivity contribution in [1.29, 1.82) is 0 Å². The molecule has 0 unspecified atom stereocenters. The van der Waals surface area contributed by atoms with Gasteiger partial charge in [0.15, 0.2) is 0 Å². The van der Waals surface area contributed by atoms with E-state index in [4.69, 9.17) is 10.2 Å². The number of amides is 4. The number of azo groups is 1. The highest BCUT2D eigenvalue weighted by atomic mass is 16.3. The van der Waals surface area contributed by atoms with Gasteiger partial charge in [-0.05, 0) is 0 Å². The molecule has 0 bridgehead atoms. The molecule has 8 nitrogen and oxygen atoms in total. The SMILES string of the molecule is O=C(N=NC(=O)NCCO)NCCO. The Labute approximate surface area is 80.0 Å². The van der Waals surface area contributed by atoms with Crippen molar-refractivity contribution in [3.05, 3.63) is 0 Å². The van der Waals surface area contributed by atoms with Gasteiger partial charge in [-0.3, -0.25) is 0 Å². The Balaban J connectivity index is 3.68. The first-order valence-corrected chi connectivity index (χ1v) is 3.90. The van der Waals surface area contributed by atoms with E-state index in [9.17, 15) is 9.59 Å². The number of aliphatic hydroxyl groups excluding tert-OH is 2. The zero-order chi connectivity index (χ0) is 10.8. The molecule has 0 aromatic heterocycles. The van der Waals surface area contributed by atoms with E-state index in [0.29, 0.717) is 0 Å². The molecule has 8 heteroatoms. The summed E-state index contributed by atoms with van der Waals surface area (Å²) in [6.07, 6.45) is 0. The maximum Gasteiger partial charge on any atom is 0.359 e. The quantitative estimate of drug-likeness (QED) is 0.431. The van der Waals surface area contributed by atoms with Crippen molar-refractivity contribution in [2.75, 3.05) is 26.3 Å². The van der Waals surface area contributed by atoms with Crippen LogP contribution in [0.25, 0.3) is 0 Å². The molecule has 4 N–H and O–H groups in total. The molecule has 14 heavy (non-hydrogen) atoms. The maximum absolute atomic E-state index is 10.7. The average Bonchev–Trinajstić information content (AvgIpc) is 2.20. The molecule has 0 heterocycles. The normalized spacial score (nSPS) is 10.1. The average molecular weight is 204 g/mol. The predicted molar refractivity (Wildman–Crippen MR) is 45.8 cm³/mol. The minimum Gasteiger partial charge on any atom is -0.395 e. The summed E-state index contributed by atoms with van der Waals surface area (Å²) in [4.78, 5) is 21.3. The van der Waals surface area contributed by atoms with E-state index in [1.807, 2.05) is 0 Å². The molecule has 0 spiro atoms. The van der Waals surface area contributed by atoms with Gasteiger partial charge in [-0.1, -0.05) is 10.2 Å². The van der Waals surface area contributed by atoms with Gasteiger partial charge < -0.3 is 20.8 Å². The second kappa shape index (κ2) is 8.08. The fourth-order valence-electron chi connectivity index (χ4n) is 0.487. The molecule has 0 saturated heterocycles. The van der Waals surface area contributed by atoms with Crippen LogP contribution in [0.1, 0.15) is 0 Å². The van der Waals surface area contributed by atoms with Crippen molar-refractivity contribution in [1.82, 2.24) is 10.6 Å². The Hall–Kier alpha value is -1.54. The Morgan fingerprint density at radius 3 is 1.57 bits per heavy atom. The first kappa shape index (κ1) is 12.5. The van der Waals surface area contributed by atoms with E-state index in [-0.39, 0.29) is 26.3 Å². The molecule has 0 rings (SSSR count). The van der Waals surface area contributed by atoms with Gasteiger partial charge in [-0.15, -0.1) is 0 Å². The van der Waals surface area contributed by atoms with Crippen LogP contribution in [0.15, 0.2) is 10.2 Å². The minimum atomic E-state index is -0.807. The number of rotatable bonds is 4. The van der Waals surface area contributed by atoms with Crippen LogP contribution >= 0.6 is 0 Å². The van der Waals surface area contributed by atoms with E-state index in [1.165, 1.54) is 0 Å². The molecule has 0 saturated carbocycles. The number of nitrogens with zero attached hydrogens (tertiary/aromatic N) is 2. The second-order valence-electron chi connectivity index (χ2n) is 2.11. The summed E-state index contributed by atoms with van der Waals surface area (Å²) in [5.74, 6) is 0. The van der Waals surface area contributed by atoms with Crippen LogP contribution in [0.4, 0.5) is 9.59 Å². The van der Waals surface area contributed by atoms with Gasteiger partial charge in [-0.25, -0.2) is 9.59 Å². The lowest BCUT2D eigenvalue weighted by Gasteiger charge is -1.96. The monoisotopic (exact) mass is 204 g/mol. The van der Waals surface area contributed by atoms with Crippen LogP contribution in [-0.2, 0) is 0 Å². The topological polar surface area (TPSA) is 123 Å². The molecule has 80 valence electrons. The van der Waals surface area contributed by atoms with E-state index in [1.54, 1.807) is 0 Å². The molecule has 0 aliphatic heterocycles. The van der Waals surface area contributed by atoms with Crippen LogP contribution in [-0.4, -0.2) is 48.6 Å². The van der Waals surface area contributed by atoms with Crippen molar-refractivity contribution in [2.24, 2.45) is 10.2 Å². The molecular weight excluding hydrogens is 192 g/mol. The number of hydrogen-bond acceptors (Lipinski definition) is 4. The lowest BCUT2D eigenvalue weighted by molar-refractivity contribution is 0.234. The standard InChI is InChI=1S/C6H12N4O4/c11-3-1-7-5(13)9-10-6(14)8-2-4-12/h11-12H,1-4H2,(H,7,13)(H,8,14). The highest BCUT2D eigenvalue weighted by Crippen LogP contribution is 1.80. The summed E-state index contributed by atoms with van der Waals surface area (Å²) in [6, 6.07) is -1.61. The zero-order valence-corrected chi connectivity index (χ0v) is 7.43. The van der Waals surface area contributed by atoms with E-state index < -0.39 is 12.1 Å². The maximum atomic E-state index is 10.7. The Kier molecular flexibility index (Phi) is 7.19. The number of carbonyl (C=O) groups excluding carboxylic acids is 2. The van der Waals surface area contributed by atoms with Crippen LogP contribution in [0.2, 0.25) is 0 Å². The van der Waals surface area contributed by atoms with Crippen molar-refractivity contribution >= 4 is 12.1 Å². The van der Waals surface area contributed by atoms with Crippen LogP contribution in [0, 0.1) is 0 Å². The van der Waals surface area contributed by atoms with Gasteiger partial charge in [0.2, 0.25) is 0 Å². The lowest BCUT2D eigenvalue weighted by Crippen LogP contribution is -2.25. The number of carbonyl (C=O) groups is 2. The van der Waals surface area contributed by atoms with Crippen LogP contribution < -0.4 is 10.6 Å². The summed E-state index contributed by atoms with van der Waals surface area (Å²) in [6.45, 7) is -0.317. The highest BCUT2D eigenvalue weighted by Gasteiger charge is 1.99. The van der Waals surface area contributed by atoms with E-state index in [2.05, 4.69) is 20.9 Å². The number of nitrogens with one attached hydrogen (secondary N) is 2. The van der Waals surface area contributed by atoms with E-state index in [0.717, 1.165) is 0 Å². The molecular formula is C6H12N4O4. The fourth-order valence-corrected chi connectivity index (χ4v) is 0.487.